The fourth-order valence-electron chi connectivity index (χ4n) is 14.1. The van der Waals surface area contributed by atoms with Crippen molar-refractivity contribution >= 4 is 98.7 Å². The van der Waals surface area contributed by atoms with Crippen molar-refractivity contribution in [2.45, 2.75) is 113 Å². The van der Waals surface area contributed by atoms with Crippen LogP contribution in [0, 0.1) is 75.3 Å². The third-order valence-corrected chi connectivity index (χ3v) is 19.3. The highest BCUT2D eigenvalue weighted by Gasteiger charge is 2.73. The van der Waals surface area contributed by atoms with E-state index in [4.69, 9.17) is 51.7 Å². The van der Waals surface area contributed by atoms with Gasteiger partial charge in [-0.3, -0.25) is 64.6 Å². The van der Waals surface area contributed by atoms with E-state index in [9.17, 15) is 69.5 Å². The lowest BCUT2D eigenvalue weighted by molar-refractivity contribution is -0.528. The van der Waals surface area contributed by atoms with Crippen LogP contribution < -0.4 is 10.6 Å². The predicted octanol–water partition coefficient (Wildman–Crippen LogP) is 13.2. The second-order valence-electron chi connectivity index (χ2n) is 23.5. The van der Waals surface area contributed by atoms with Gasteiger partial charge in [-0.15, -0.1) is 0 Å². The number of methoxy groups -OCH3 is 2. The molecule has 0 bridgehead atoms. The molecule has 4 fully saturated rings. The Kier molecular flexibility index (Phi) is 22.2. The van der Waals surface area contributed by atoms with Crippen molar-refractivity contribution in [1.82, 2.24) is 9.80 Å². The molecule has 4 heterocycles. The second-order valence-corrected chi connectivity index (χ2v) is 25.2. The largest absolute Gasteiger partial charge is 0.465 e. The number of nitriles is 1. The van der Waals surface area contributed by atoms with Crippen LogP contribution in [-0.2, 0) is 30.1 Å². The minimum atomic E-state index is -1.86. The molecule has 12 rings (SSSR count). The standard InChI is InChI=1S/C31H27Cl2FN4O8.C31H25Cl2FN4O8.C2H3N.2CH4/c2*1-46-29(40)16-7-9-18(23(11-16)37(42)43)25(39)13-24-28(38(44)45)26(19-3-2-4-21(33)27(19)34)31(36(24)14-15-5-6-15)20-10-8-17(32)12-22(20)35-30(31)41;1-2-3;;/h2-4,7-12,15,24-26,28,39H,5-6,13-14H2,1H3,(H,35,41);2-4,7-12,15,24,26,28H,5-6,13-14H2,1H3,(H,35,41);1H3;2*1H4/t24-,25?,26-,28?,31+;24-,26-,28?,31+;;;/m00.../s1. The van der Waals surface area contributed by atoms with Gasteiger partial charge in [-0.05, 0) is 105 Å². The van der Waals surface area contributed by atoms with E-state index in [0.29, 0.717) is 21.8 Å². The van der Waals surface area contributed by atoms with Gasteiger partial charge in [0.05, 0.1) is 92.5 Å². The van der Waals surface area contributed by atoms with Crippen molar-refractivity contribution in [3.05, 3.63) is 226 Å². The molecule has 97 heavy (non-hydrogen) atoms. The summed E-state index contributed by atoms with van der Waals surface area (Å²) in [5.74, 6) is -8.50. The van der Waals surface area contributed by atoms with Crippen LogP contribution in [0.25, 0.3) is 0 Å². The lowest BCUT2D eigenvalue weighted by Crippen LogP contribution is -2.53. The number of anilines is 2. The number of rotatable bonds is 18. The van der Waals surface area contributed by atoms with Gasteiger partial charge in [0.1, 0.15) is 22.7 Å². The van der Waals surface area contributed by atoms with Gasteiger partial charge in [-0.2, -0.15) is 5.26 Å². The number of carbonyl (C=O) groups excluding carboxylic acids is 5. The number of nitrogens with zero attached hydrogens (tertiary/aromatic N) is 7. The van der Waals surface area contributed by atoms with Crippen LogP contribution in [0.2, 0.25) is 20.1 Å². The zero-order chi connectivity index (χ0) is 68.9. The van der Waals surface area contributed by atoms with Gasteiger partial charge in [-0.25, -0.2) is 18.4 Å². The minimum Gasteiger partial charge on any atom is -0.465 e. The van der Waals surface area contributed by atoms with E-state index in [0.717, 1.165) is 58.1 Å². The molecule has 2 saturated carbocycles. The number of fused-ring (bicyclic) bond motifs is 4. The topological polar surface area (TPSA) is 351 Å². The number of Topliss-reactive ketones (excluding diaryl/α,β-unsaturated/α-hetero) is 1. The van der Waals surface area contributed by atoms with E-state index < -0.39 is 138 Å². The third-order valence-electron chi connectivity index (χ3n) is 18.3. The highest BCUT2D eigenvalue weighted by Crippen LogP contribution is 2.62. The Hall–Kier alpha value is -9.14. The number of hydrogen-bond donors (Lipinski definition) is 3. The SMILES string of the molecule is C.C.CC#N.COC(=O)c1ccc(C(=O)C[C@H]2C([N+](=O)[O-])[C@H](c3cccc(Cl)c3F)[C@]3(C(=O)Nc4cc(Cl)ccc43)N2CC2CC2)c([N+](=O)[O-])c1.COC(=O)c1ccc(C(O)C[C@H]2C([N+](=O)[O-])[C@H](c3cccc(Cl)c3F)[C@]3(C(=O)Nc4cc(Cl)ccc43)N2CC2CC2)c([N+](=O)[O-])c1. The average molecular weight is 1420 g/mol. The molecule has 25 nitrogen and oxygen atoms in total. The number of aliphatic hydroxyl groups excluding tert-OH is 1. The quantitative estimate of drug-likeness (QED) is 0.0311. The van der Waals surface area contributed by atoms with E-state index in [1.807, 2.05) is 0 Å². The van der Waals surface area contributed by atoms with Gasteiger partial charge in [0.15, 0.2) is 5.78 Å². The van der Waals surface area contributed by atoms with Gasteiger partial charge in [0.25, 0.3) is 23.2 Å². The molecule has 2 spiro atoms. The van der Waals surface area contributed by atoms with Crippen LogP contribution >= 0.6 is 46.4 Å². The number of aliphatic hydroxyl groups is 1. The van der Waals surface area contributed by atoms with Gasteiger partial charge >= 0.3 is 11.9 Å². The van der Waals surface area contributed by atoms with Crippen LogP contribution in [0.1, 0.15) is 137 Å². The molecule has 510 valence electrons. The van der Waals surface area contributed by atoms with Crippen LogP contribution in [0.5, 0.6) is 0 Å². The van der Waals surface area contributed by atoms with Crippen molar-refractivity contribution in [2.75, 3.05) is 37.9 Å². The minimum absolute atomic E-state index is 0. The van der Waals surface area contributed by atoms with Crippen LogP contribution in [0.4, 0.5) is 31.5 Å². The van der Waals surface area contributed by atoms with Crippen molar-refractivity contribution in [2.24, 2.45) is 11.8 Å². The molecular weight excluding hydrogens is 1350 g/mol. The number of nitrogens with one attached hydrogen (secondary N) is 2. The van der Waals surface area contributed by atoms with E-state index in [1.54, 1.807) is 34.1 Å². The maximum Gasteiger partial charge on any atom is 0.338 e. The molecule has 2 amide bonds. The highest BCUT2D eigenvalue weighted by molar-refractivity contribution is 6.32. The number of hydrogen-bond acceptors (Lipinski definition) is 19. The molecular formula is C66H63Cl4F2N9O16. The number of nitro benzene ring substituents is 2. The Morgan fingerprint density at radius 2 is 1.06 bits per heavy atom. The molecule has 6 aliphatic rings. The number of likely N-dealkylation sites (tertiary alicyclic amines) is 2. The van der Waals surface area contributed by atoms with Gasteiger partial charge in [-0.1, -0.05) is 97.7 Å². The first kappa shape index (κ1) is 73.7. The fourth-order valence-corrected chi connectivity index (χ4v) is 14.8. The maximum atomic E-state index is 15.9. The molecule has 9 atom stereocenters. The molecule has 2 aliphatic carbocycles. The Morgan fingerprint density at radius 3 is 1.47 bits per heavy atom. The number of nitro groups is 4. The number of benzene rings is 6. The van der Waals surface area contributed by atoms with Gasteiger partial charge in [0, 0.05) is 92.1 Å². The van der Waals surface area contributed by atoms with Crippen molar-refractivity contribution in [3.63, 3.8) is 0 Å². The van der Waals surface area contributed by atoms with E-state index in [-0.39, 0.29) is 93.9 Å². The molecule has 3 N–H and O–H groups in total. The summed E-state index contributed by atoms with van der Waals surface area (Å²) in [6.45, 7) is 1.78. The molecule has 0 radical (unpaired) electrons. The summed E-state index contributed by atoms with van der Waals surface area (Å²) in [5, 5.41) is 74.7. The first-order valence-corrected chi connectivity index (χ1v) is 30.9. The lowest BCUT2D eigenvalue weighted by atomic mass is 9.73. The van der Waals surface area contributed by atoms with Crippen molar-refractivity contribution in [1.29, 1.82) is 5.26 Å². The summed E-state index contributed by atoms with van der Waals surface area (Å²) in [6, 6.07) is 19.7. The summed E-state index contributed by atoms with van der Waals surface area (Å²) in [5.41, 5.74) is -4.92. The zero-order valence-electron chi connectivity index (χ0n) is 50.2. The summed E-state index contributed by atoms with van der Waals surface area (Å²) in [4.78, 5) is 117. The first-order chi connectivity index (χ1) is 45.2. The number of ketones is 1. The molecule has 6 aromatic rings. The zero-order valence-corrected chi connectivity index (χ0v) is 53.2. The molecule has 6 aromatic carbocycles. The predicted molar refractivity (Wildman–Crippen MR) is 352 cm³/mol. The number of halogens is 6. The summed E-state index contributed by atoms with van der Waals surface area (Å²) in [7, 11) is 2.21. The normalized spacial score (nSPS) is 22.9. The maximum absolute atomic E-state index is 15.9. The summed E-state index contributed by atoms with van der Waals surface area (Å²) in [6.07, 6.45) is 0.383. The van der Waals surface area contributed by atoms with Gasteiger partial charge < -0.3 is 25.2 Å². The van der Waals surface area contributed by atoms with Crippen LogP contribution in [0.3, 0.4) is 0 Å². The van der Waals surface area contributed by atoms with E-state index in [2.05, 4.69) is 20.1 Å². The fraction of sp³-hybridized carbons (Fsp3) is 0.364. The molecule has 31 heteroatoms. The Balaban J connectivity index is 0.000000234. The molecule has 0 aromatic heterocycles. The highest BCUT2D eigenvalue weighted by atomic mass is 35.5. The lowest BCUT2D eigenvalue weighted by Gasteiger charge is -2.39. The van der Waals surface area contributed by atoms with Crippen LogP contribution in [-0.4, -0.2) is 116 Å². The molecule has 3 unspecified atom stereocenters. The van der Waals surface area contributed by atoms with E-state index >= 15 is 8.78 Å². The van der Waals surface area contributed by atoms with Crippen molar-refractivity contribution < 1.29 is 67.0 Å². The first-order valence-electron chi connectivity index (χ1n) is 29.4. The number of ether oxygens (including phenoxy) is 2. The number of amides is 2. The Morgan fingerprint density at radius 1 is 0.649 bits per heavy atom. The number of esters is 2. The monoisotopic (exact) mass is 1420 g/mol. The smallest absolute Gasteiger partial charge is 0.338 e. The Labute approximate surface area is 573 Å². The summed E-state index contributed by atoms with van der Waals surface area (Å²) < 4.78 is 41.1. The Bertz CT molecular complexity index is 4250. The summed E-state index contributed by atoms with van der Waals surface area (Å²) >= 11 is 24.8. The van der Waals surface area contributed by atoms with Crippen LogP contribution in [0.15, 0.2) is 109 Å². The average Bonchev–Trinajstić information content (AvgIpc) is 1.53. The van der Waals surface area contributed by atoms with Gasteiger partial charge in [0.2, 0.25) is 12.1 Å². The molecule has 2 saturated heterocycles. The number of carbonyl (C=O) groups is 5. The third kappa shape index (κ3) is 13.3. The van der Waals surface area contributed by atoms with E-state index in [1.165, 1.54) is 79.7 Å². The second kappa shape index (κ2) is 29.3. The molecule has 4 aliphatic heterocycles. The van der Waals surface area contributed by atoms with Crippen molar-refractivity contribution in [3.8, 4) is 6.07 Å².